The zero-order valence-electron chi connectivity index (χ0n) is 10.6. The summed E-state index contributed by atoms with van der Waals surface area (Å²) in [6.45, 7) is 1.98. The highest BCUT2D eigenvalue weighted by molar-refractivity contribution is 5.21. The first-order valence-electron chi connectivity index (χ1n) is 6.30. The second-order valence-corrected chi connectivity index (χ2v) is 4.57. The molecule has 0 amide bonds. The molecule has 7 heteroatoms. The molecule has 20 heavy (non-hydrogen) atoms. The topological polar surface area (TPSA) is 60.2 Å². The summed E-state index contributed by atoms with van der Waals surface area (Å²) in [4.78, 5) is 4.20. The van der Waals surface area contributed by atoms with Gasteiger partial charge in [-0.1, -0.05) is 5.16 Å². The van der Waals surface area contributed by atoms with Crippen LogP contribution in [0.4, 0.5) is 8.78 Å². The lowest BCUT2D eigenvalue weighted by molar-refractivity contribution is 0.00755. The highest BCUT2D eigenvalue weighted by Crippen LogP contribution is 2.18. The maximum atomic E-state index is 13.1. The predicted octanol–water partition coefficient (Wildman–Crippen LogP) is 1.60. The minimum Gasteiger partial charge on any atom is -0.366 e. The third-order valence-corrected chi connectivity index (χ3v) is 2.97. The Balaban J connectivity index is 1.73. The van der Waals surface area contributed by atoms with Crippen LogP contribution in [-0.2, 0) is 11.2 Å². The first kappa shape index (κ1) is 13.1. The Labute approximate surface area is 113 Å². The largest absolute Gasteiger partial charge is 0.366 e. The molecule has 1 atom stereocenters. The number of ether oxygens (including phenoxy) is 1. The van der Waals surface area contributed by atoms with Crippen LogP contribution < -0.4 is 5.32 Å². The van der Waals surface area contributed by atoms with E-state index < -0.39 is 11.6 Å². The van der Waals surface area contributed by atoms with Gasteiger partial charge in [0.15, 0.2) is 5.82 Å². The molecule has 1 aliphatic rings. The third kappa shape index (κ3) is 3.00. The molecule has 106 valence electrons. The van der Waals surface area contributed by atoms with E-state index in [0.29, 0.717) is 30.4 Å². The van der Waals surface area contributed by atoms with Gasteiger partial charge in [0.2, 0.25) is 0 Å². The zero-order chi connectivity index (χ0) is 13.9. The van der Waals surface area contributed by atoms with Crippen molar-refractivity contribution >= 4 is 0 Å². The van der Waals surface area contributed by atoms with Crippen LogP contribution >= 0.6 is 0 Å². The van der Waals surface area contributed by atoms with Gasteiger partial charge in [-0.15, -0.1) is 0 Å². The Bertz CT molecular complexity index is 577. The van der Waals surface area contributed by atoms with Crippen LogP contribution in [0.5, 0.6) is 0 Å². The molecule has 1 saturated heterocycles. The SMILES string of the molecule is Fc1cc(F)cc(Cc2noc(C3CNCCO3)n2)c1. The molecule has 2 aromatic rings. The molecule has 1 N–H and O–H groups in total. The summed E-state index contributed by atoms with van der Waals surface area (Å²) >= 11 is 0. The van der Waals surface area contributed by atoms with E-state index in [9.17, 15) is 8.78 Å². The van der Waals surface area contributed by atoms with E-state index in [0.717, 1.165) is 12.6 Å². The lowest BCUT2D eigenvalue weighted by Gasteiger charge is -2.19. The maximum absolute atomic E-state index is 13.1. The number of nitrogens with zero attached hydrogens (tertiary/aromatic N) is 2. The summed E-state index contributed by atoms with van der Waals surface area (Å²) in [5, 5.41) is 6.96. The molecule has 3 rings (SSSR count). The van der Waals surface area contributed by atoms with Gasteiger partial charge >= 0.3 is 0 Å². The van der Waals surface area contributed by atoms with E-state index in [1.165, 1.54) is 12.1 Å². The van der Waals surface area contributed by atoms with Crippen molar-refractivity contribution in [3.8, 4) is 0 Å². The van der Waals surface area contributed by atoms with Gasteiger partial charge in [-0.3, -0.25) is 0 Å². The van der Waals surface area contributed by atoms with Crippen LogP contribution in [0.2, 0.25) is 0 Å². The van der Waals surface area contributed by atoms with Crippen LogP contribution in [0.15, 0.2) is 22.7 Å². The third-order valence-electron chi connectivity index (χ3n) is 2.97. The summed E-state index contributed by atoms with van der Waals surface area (Å²) in [7, 11) is 0. The number of morpholine rings is 1. The molecular weight excluding hydrogens is 268 g/mol. The Morgan fingerprint density at radius 2 is 2.05 bits per heavy atom. The van der Waals surface area contributed by atoms with Crippen LogP contribution in [-0.4, -0.2) is 29.8 Å². The average molecular weight is 281 g/mol. The van der Waals surface area contributed by atoms with Crippen molar-refractivity contribution in [1.29, 1.82) is 0 Å². The number of aromatic nitrogens is 2. The molecule has 0 spiro atoms. The molecule has 0 bridgehead atoms. The fourth-order valence-corrected chi connectivity index (χ4v) is 2.09. The van der Waals surface area contributed by atoms with E-state index >= 15 is 0 Å². The van der Waals surface area contributed by atoms with Crippen molar-refractivity contribution in [2.24, 2.45) is 0 Å². The summed E-state index contributed by atoms with van der Waals surface area (Å²) in [6, 6.07) is 3.32. The van der Waals surface area contributed by atoms with E-state index in [4.69, 9.17) is 9.26 Å². The number of nitrogens with one attached hydrogen (secondary N) is 1. The summed E-state index contributed by atoms with van der Waals surface area (Å²) in [6.07, 6.45) is -0.0625. The van der Waals surface area contributed by atoms with Gasteiger partial charge in [0.05, 0.1) is 6.61 Å². The van der Waals surface area contributed by atoms with Crippen molar-refractivity contribution < 1.29 is 18.0 Å². The van der Waals surface area contributed by atoms with E-state index in [1.54, 1.807) is 0 Å². The van der Waals surface area contributed by atoms with Gasteiger partial charge in [0.25, 0.3) is 5.89 Å². The summed E-state index contributed by atoms with van der Waals surface area (Å²) in [5.74, 6) is -0.490. The quantitative estimate of drug-likeness (QED) is 0.926. The minimum absolute atomic E-state index is 0.207. The van der Waals surface area contributed by atoms with Gasteiger partial charge in [0, 0.05) is 25.6 Å². The second-order valence-electron chi connectivity index (χ2n) is 4.57. The van der Waals surface area contributed by atoms with Gasteiger partial charge in [0.1, 0.15) is 17.7 Å². The number of rotatable bonds is 3. The molecule has 1 aliphatic heterocycles. The zero-order valence-corrected chi connectivity index (χ0v) is 10.6. The maximum Gasteiger partial charge on any atom is 0.257 e. The smallest absolute Gasteiger partial charge is 0.257 e. The Kier molecular flexibility index (Phi) is 3.70. The molecule has 1 aromatic carbocycles. The standard InChI is InChI=1S/C13H13F2N3O2/c14-9-3-8(4-10(15)6-9)5-12-17-13(20-18-12)11-7-16-1-2-19-11/h3-4,6,11,16H,1-2,5,7H2. The first-order valence-corrected chi connectivity index (χ1v) is 6.30. The fourth-order valence-electron chi connectivity index (χ4n) is 2.09. The molecule has 1 fully saturated rings. The summed E-state index contributed by atoms with van der Waals surface area (Å²) < 4.78 is 36.8. The van der Waals surface area contributed by atoms with Crippen LogP contribution in [0.1, 0.15) is 23.4 Å². The molecule has 5 nitrogen and oxygen atoms in total. The molecular formula is C13H13F2N3O2. The van der Waals surface area contributed by atoms with Crippen molar-refractivity contribution in [3.63, 3.8) is 0 Å². The van der Waals surface area contributed by atoms with Crippen LogP contribution in [0.3, 0.4) is 0 Å². The molecule has 2 heterocycles. The fraction of sp³-hybridized carbons (Fsp3) is 0.385. The highest BCUT2D eigenvalue weighted by atomic mass is 19.1. The van der Waals surface area contributed by atoms with Gasteiger partial charge in [-0.05, 0) is 17.7 Å². The van der Waals surface area contributed by atoms with E-state index in [-0.39, 0.29) is 12.5 Å². The van der Waals surface area contributed by atoms with Gasteiger partial charge in [-0.25, -0.2) is 8.78 Å². The highest BCUT2D eigenvalue weighted by Gasteiger charge is 2.22. The van der Waals surface area contributed by atoms with Gasteiger partial charge < -0.3 is 14.6 Å². The molecule has 1 unspecified atom stereocenters. The Hall–Kier alpha value is -1.86. The van der Waals surface area contributed by atoms with Gasteiger partial charge in [-0.2, -0.15) is 4.98 Å². The monoisotopic (exact) mass is 281 g/mol. The lowest BCUT2D eigenvalue weighted by atomic mass is 10.1. The summed E-state index contributed by atoms with van der Waals surface area (Å²) in [5.41, 5.74) is 0.456. The van der Waals surface area contributed by atoms with Crippen molar-refractivity contribution in [2.45, 2.75) is 12.5 Å². The number of hydrogen-bond acceptors (Lipinski definition) is 5. The van der Waals surface area contributed by atoms with Crippen LogP contribution in [0, 0.1) is 11.6 Å². The van der Waals surface area contributed by atoms with Crippen molar-refractivity contribution in [1.82, 2.24) is 15.5 Å². The van der Waals surface area contributed by atoms with E-state index in [1.807, 2.05) is 0 Å². The average Bonchev–Trinajstić information content (AvgIpc) is 2.87. The van der Waals surface area contributed by atoms with Crippen molar-refractivity contribution in [2.75, 3.05) is 19.7 Å². The van der Waals surface area contributed by atoms with Crippen LogP contribution in [0.25, 0.3) is 0 Å². The normalized spacial score (nSPS) is 19.2. The van der Waals surface area contributed by atoms with E-state index in [2.05, 4.69) is 15.5 Å². The molecule has 0 aliphatic carbocycles. The number of benzene rings is 1. The molecule has 0 radical (unpaired) electrons. The Morgan fingerprint density at radius 3 is 2.75 bits per heavy atom. The molecule has 1 aromatic heterocycles. The number of hydrogen-bond donors (Lipinski definition) is 1. The first-order chi connectivity index (χ1) is 9.70. The number of halogens is 2. The minimum atomic E-state index is -0.622. The molecule has 0 saturated carbocycles. The van der Waals surface area contributed by atoms with Crippen molar-refractivity contribution in [3.05, 3.63) is 47.1 Å². The second kappa shape index (κ2) is 5.64. The predicted molar refractivity (Wildman–Crippen MR) is 65.0 cm³/mol. The lowest BCUT2D eigenvalue weighted by Crippen LogP contribution is -2.33. The Morgan fingerprint density at radius 1 is 1.25 bits per heavy atom.